The molecular formula is C19H28N2O2. The monoisotopic (exact) mass is 316 g/mol. The number of hydrogen-bond donors (Lipinski definition) is 2. The second kappa shape index (κ2) is 7.62. The van der Waals surface area contributed by atoms with Gasteiger partial charge in [0, 0.05) is 30.8 Å². The average molecular weight is 316 g/mol. The summed E-state index contributed by atoms with van der Waals surface area (Å²) in [6, 6.07) is 8.51. The Morgan fingerprint density at radius 2 is 1.91 bits per heavy atom. The Hall–Kier alpha value is -1.84. The number of rotatable bonds is 5. The molecule has 0 radical (unpaired) electrons. The van der Waals surface area contributed by atoms with Gasteiger partial charge in [-0.15, -0.1) is 0 Å². The number of benzene rings is 1. The summed E-state index contributed by atoms with van der Waals surface area (Å²) in [5, 5.41) is 5.82. The van der Waals surface area contributed by atoms with E-state index in [-0.39, 0.29) is 11.8 Å². The smallest absolute Gasteiger partial charge is 0.225 e. The molecule has 0 aliphatic heterocycles. The lowest BCUT2D eigenvalue weighted by molar-refractivity contribution is -0.128. The molecule has 0 saturated heterocycles. The Morgan fingerprint density at radius 1 is 1.17 bits per heavy atom. The van der Waals surface area contributed by atoms with E-state index < -0.39 is 5.41 Å². The Kier molecular flexibility index (Phi) is 5.80. The molecule has 2 N–H and O–H groups in total. The second-order valence-corrected chi connectivity index (χ2v) is 7.35. The van der Waals surface area contributed by atoms with E-state index in [4.69, 9.17) is 0 Å². The number of fused-ring (bicyclic) bond motifs is 1. The molecule has 0 fully saturated rings. The zero-order valence-electron chi connectivity index (χ0n) is 14.4. The van der Waals surface area contributed by atoms with E-state index in [9.17, 15) is 9.59 Å². The van der Waals surface area contributed by atoms with Crippen molar-refractivity contribution >= 4 is 11.8 Å². The number of hydrogen-bond acceptors (Lipinski definition) is 2. The molecule has 1 aliphatic carbocycles. The van der Waals surface area contributed by atoms with Crippen LogP contribution in [0.1, 0.15) is 57.1 Å². The molecule has 1 aromatic rings. The van der Waals surface area contributed by atoms with Crippen molar-refractivity contribution in [3.05, 3.63) is 35.4 Å². The molecule has 2 rings (SSSR count). The van der Waals surface area contributed by atoms with Gasteiger partial charge in [0.1, 0.15) is 0 Å². The number of carbonyl (C=O) groups excluding carboxylic acids is 2. The third-order valence-electron chi connectivity index (χ3n) is 4.36. The fourth-order valence-corrected chi connectivity index (χ4v) is 2.95. The van der Waals surface area contributed by atoms with Crippen molar-refractivity contribution in [2.45, 2.75) is 52.4 Å². The predicted molar refractivity (Wildman–Crippen MR) is 92.2 cm³/mol. The van der Waals surface area contributed by atoms with Gasteiger partial charge in [-0.2, -0.15) is 0 Å². The first-order valence-electron chi connectivity index (χ1n) is 8.50. The van der Waals surface area contributed by atoms with Gasteiger partial charge in [0.2, 0.25) is 11.8 Å². The van der Waals surface area contributed by atoms with Crippen LogP contribution in [0.3, 0.4) is 0 Å². The van der Waals surface area contributed by atoms with Crippen LogP contribution in [0.25, 0.3) is 0 Å². The van der Waals surface area contributed by atoms with E-state index in [0.29, 0.717) is 25.4 Å². The van der Waals surface area contributed by atoms with Crippen LogP contribution in [0.4, 0.5) is 0 Å². The maximum absolute atomic E-state index is 12.0. The van der Waals surface area contributed by atoms with Crippen molar-refractivity contribution < 1.29 is 9.59 Å². The molecule has 1 atom stereocenters. The van der Waals surface area contributed by atoms with Gasteiger partial charge in [0.15, 0.2) is 0 Å². The van der Waals surface area contributed by atoms with Crippen LogP contribution in [0.15, 0.2) is 24.3 Å². The van der Waals surface area contributed by atoms with Crippen LogP contribution >= 0.6 is 0 Å². The maximum atomic E-state index is 12.0. The summed E-state index contributed by atoms with van der Waals surface area (Å²) in [5.41, 5.74) is 2.37. The molecule has 4 heteroatoms. The molecule has 1 aromatic carbocycles. The highest BCUT2D eigenvalue weighted by Gasteiger charge is 2.22. The van der Waals surface area contributed by atoms with Crippen molar-refractivity contribution in [1.82, 2.24) is 10.6 Å². The molecule has 126 valence electrons. The van der Waals surface area contributed by atoms with E-state index in [2.05, 4.69) is 34.9 Å². The first kappa shape index (κ1) is 17.5. The van der Waals surface area contributed by atoms with Crippen molar-refractivity contribution in [3.63, 3.8) is 0 Å². The minimum Gasteiger partial charge on any atom is -0.355 e. The molecule has 1 aliphatic rings. The number of aryl methyl sites for hydroxylation is 1. The molecule has 1 unspecified atom stereocenters. The van der Waals surface area contributed by atoms with Crippen molar-refractivity contribution in [2.24, 2.45) is 5.41 Å². The molecule has 2 amide bonds. The summed E-state index contributed by atoms with van der Waals surface area (Å²) >= 11 is 0. The molecule has 0 saturated carbocycles. The van der Waals surface area contributed by atoms with Crippen molar-refractivity contribution in [1.29, 1.82) is 0 Å². The van der Waals surface area contributed by atoms with Crippen LogP contribution in [-0.2, 0) is 16.0 Å². The van der Waals surface area contributed by atoms with E-state index in [1.54, 1.807) is 0 Å². The summed E-state index contributed by atoms with van der Waals surface area (Å²) in [5.74, 6) is 0.391. The first-order valence-corrected chi connectivity index (χ1v) is 8.50. The minimum absolute atomic E-state index is 0.00210. The fraction of sp³-hybridized carbons (Fsp3) is 0.579. The maximum Gasteiger partial charge on any atom is 0.225 e. The molecular weight excluding hydrogens is 288 g/mol. The topological polar surface area (TPSA) is 58.2 Å². The summed E-state index contributed by atoms with van der Waals surface area (Å²) in [7, 11) is 0. The Bertz CT molecular complexity index is 561. The SMILES string of the molecule is CC(C)(C)C(=O)NCCC(=O)NCC1CCCc2ccccc21. The molecule has 0 aromatic heterocycles. The summed E-state index contributed by atoms with van der Waals surface area (Å²) in [6.07, 6.45) is 3.77. The normalized spacial score (nSPS) is 17.3. The van der Waals surface area contributed by atoms with Gasteiger partial charge in [-0.05, 0) is 30.4 Å². The van der Waals surface area contributed by atoms with Crippen molar-refractivity contribution in [3.8, 4) is 0 Å². The van der Waals surface area contributed by atoms with Gasteiger partial charge in [-0.3, -0.25) is 9.59 Å². The van der Waals surface area contributed by atoms with E-state index in [0.717, 1.165) is 12.8 Å². The highest BCUT2D eigenvalue weighted by Crippen LogP contribution is 2.30. The van der Waals surface area contributed by atoms with Gasteiger partial charge in [-0.25, -0.2) is 0 Å². The lowest BCUT2D eigenvalue weighted by Gasteiger charge is -2.25. The number of nitrogens with one attached hydrogen (secondary N) is 2. The van der Waals surface area contributed by atoms with Crippen LogP contribution in [0.2, 0.25) is 0 Å². The first-order chi connectivity index (χ1) is 10.9. The van der Waals surface area contributed by atoms with Gasteiger partial charge in [0.25, 0.3) is 0 Å². The molecule has 0 spiro atoms. The molecule has 0 bridgehead atoms. The fourth-order valence-electron chi connectivity index (χ4n) is 2.95. The Morgan fingerprint density at radius 3 is 2.65 bits per heavy atom. The van der Waals surface area contributed by atoms with Crippen LogP contribution < -0.4 is 10.6 Å². The lowest BCUT2D eigenvalue weighted by atomic mass is 9.83. The molecule has 4 nitrogen and oxygen atoms in total. The van der Waals surface area contributed by atoms with Crippen LogP contribution in [-0.4, -0.2) is 24.9 Å². The average Bonchev–Trinajstić information content (AvgIpc) is 2.51. The number of carbonyl (C=O) groups is 2. The summed E-state index contributed by atoms with van der Waals surface area (Å²) in [6.45, 7) is 6.67. The summed E-state index contributed by atoms with van der Waals surface area (Å²) < 4.78 is 0. The van der Waals surface area contributed by atoms with Crippen molar-refractivity contribution in [2.75, 3.05) is 13.1 Å². The predicted octanol–water partition coefficient (Wildman–Crippen LogP) is 2.78. The second-order valence-electron chi connectivity index (χ2n) is 7.35. The van der Waals surface area contributed by atoms with Gasteiger partial charge >= 0.3 is 0 Å². The van der Waals surface area contributed by atoms with E-state index in [1.165, 1.54) is 17.5 Å². The van der Waals surface area contributed by atoms with Gasteiger partial charge in [0.05, 0.1) is 0 Å². The largest absolute Gasteiger partial charge is 0.355 e. The lowest BCUT2D eigenvalue weighted by Crippen LogP contribution is -2.38. The highest BCUT2D eigenvalue weighted by atomic mass is 16.2. The van der Waals surface area contributed by atoms with E-state index >= 15 is 0 Å². The van der Waals surface area contributed by atoms with Gasteiger partial charge < -0.3 is 10.6 Å². The number of amides is 2. The Balaban J connectivity index is 1.74. The standard InChI is InChI=1S/C19H28N2O2/c1-19(2,3)18(23)20-12-11-17(22)21-13-15-9-6-8-14-7-4-5-10-16(14)15/h4-5,7,10,15H,6,8-9,11-13H2,1-3H3,(H,20,23)(H,21,22). The van der Waals surface area contributed by atoms with Gasteiger partial charge in [-0.1, -0.05) is 45.0 Å². The minimum atomic E-state index is -0.414. The van der Waals surface area contributed by atoms with Crippen LogP contribution in [0.5, 0.6) is 0 Å². The zero-order valence-corrected chi connectivity index (χ0v) is 14.4. The zero-order chi connectivity index (χ0) is 16.9. The quantitative estimate of drug-likeness (QED) is 0.877. The third kappa shape index (κ3) is 5.08. The van der Waals surface area contributed by atoms with E-state index in [1.807, 2.05) is 20.8 Å². The molecule has 23 heavy (non-hydrogen) atoms. The summed E-state index contributed by atoms with van der Waals surface area (Å²) in [4.78, 5) is 23.7. The third-order valence-corrected chi connectivity index (χ3v) is 4.36. The Labute approximate surface area is 139 Å². The highest BCUT2D eigenvalue weighted by molar-refractivity contribution is 5.82. The van der Waals surface area contributed by atoms with Crippen LogP contribution in [0, 0.1) is 5.41 Å². The molecule has 0 heterocycles.